The summed E-state index contributed by atoms with van der Waals surface area (Å²) in [5.74, 6) is -2.30. The molecule has 12 heteroatoms. The predicted octanol–water partition coefficient (Wildman–Crippen LogP) is 3.81. The highest BCUT2D eigenvalue weighted by atomic mass is 32.1. The lowest BCUT2D eigenvalue weighted by Gasteiger charge is -2.43. The zero-order chi connectivity index (χ0) is 33.0. The van der Waals surface area contributed by atoms with Crippen LogP contribution in [0.4, 0.5) is 0 Å². The summed E-state index contributed by atoms with van der Waals surface area (Å²) in [4.78, 5) is 67.5. The normalized spacial score (nSPS) is 19.6. The molecule has 1 aliphatic carbocycles. The van der Waals surface area contributed by atoms with Gasteiger partial charge in [0.15, 0.2) is 0 Å². The second-order valence-corrected chi connectivity index (χ2v) is 12.9. The van der Waals surface area contributed by atoms with E-state index in [0.29, 0.717) is 50.8 Å². The molecular formula is C36H46N4O6S2. The van der Waals surface area contributed by atoms with Gasteiger partial charge >= 0.3 is 5.97 Å². The Morgan fingerprint density at radius 3 is 2.21 bits per heavy atom. The van der Waals surface area contributed by atoms with Crippen molar-refractivity contribution in [1.82, 2.24) is 20.1 Å². The third-order valence-corrected chi connectivity index (χ3v) is 9.38. The maximum Gasteiger partial charge on any atom is 0.326 e. The summed E-state index contributed by atoms with van der Waals surface area (Å²) in [6.07, 6.45) is 3.76. The number of rotatable bonds is 9. The summed E-state index contributed by atoms with van der Waals surface area (Å²) in [5, 5.41) is 15.7. The smallest absolute Gasteiger partial charge is 0.326 e. The molecule has 0 saturated carbocycles. The summed E-state index contributed by atoms with van der Waals surface area (Å²) in [5.41, 5.74) is 0.802. The van der Waals surface area contributed by atoms with Gasteiger partial charge in [0, 0.05) is 32.4 Å². The van der Waals surface area contributed by atoms with E-state index < -0.39 is 29.3 Å². The minimum atomic E-state index is -1.16. The topological polar surface area (TPSA) is 138 Å². The number of nitrogens with one attached hydrogen (secondary N) is 2. The average Bonchev–Trinajstić information content (AvgIpc) is 3.05. The number of likely N-dealkylation sites (tertiary alicyclic amines) is 1. The second kappa shape index (κ2) is 16.4. The molecule has 1 aromatic heterocycles. The molecule has 0 spiro atoms. The van der Waals surface area contributed by atoms with Crippen LogP contribution in [-0.4, -0.2) is 63.4 Å². The SMILES string of the molecule is CC(C)C[C@H](NC(=O)[C@@]1(c2ccccc2)CC[C@H](C(=O)N2CCC(NC(=O)c3cccn(C)c3=O)CC2)c2ccccc21)C(=O)O.S.S. The summed E-state index contributed by atoms with van der Waals surface area (Å²) in [6, 6.07) is 18.9. The number of nitrogens with zero attached hydrogens (tertiary/aromatic N) is 2. The number of benzene rings is 2. The number of amides is 3. The van der Waals surface area contributed by atoms with E-state index in [1.165, 1.54) is 10.6 Å². The van der Waals surface area contributed by atoms with E-state index in [-0.39, 0.29) is 61.9 Å². The number of pyridine rings is 1. The number of carbonyl (C=O) groups is 4. The largest absolute Gasteiger partial charge is 0.480 e. The maximum atomic E-state index is 14.3. The molecule has 2 heterocycles. The first-order valence-corrected chi connectivity index (χ1v) is 16.0. The lowest BCUT2D eigenvalue weighted by Crippen LogP contribution is -2.54. The lowest BCUT2D eigenvalue weighted by atomic mass is 9.62. The number of hydrogen-bond acceptors (Lipinski definition) is 5. The number of hydrogen-bond donors (Lipinski definition) is 3. The Labute approximate surface area is 295 Å². The molecule has 3 N–H and O–H groups in total. The lowest BCUT2D eigenvalue weighted by molar-refractivity contribution is -0.143. The van der Waals surface area contributed by atoms with Gasteiger partial charge in [-0.25, -0.2) is 4.79 Å². The monoisotopic (exact) mass is 694 g/mol. The molecule has 1 fully saturated rings. The quantitative estimate of drug-likeness (QED) is 0.312. The molecule has 1 aliphatic heterocycles. The van der Waals surface area contributed by atoms with Crippen molar-refractivity contribution in [3.8, 4) is 0 Å². The van der Waals surface area contributed by atoms with Gasteiger partial charge in [-0.05, 0) is 66.8 Å². The standard InChI is InChI=1S/C36H42N4O6.2H2S/c1-23(2)22-30(34(44)45)38-35(46)36(24-10-5-4-6-11-24)18-15-27(26-12-7-8-14-29(26)36)33(43)40-20-16-25(17-21-40)37-31(41)28-13-9-19-39(3)32(28)42;;/h4-14,19,23,25,27,30H,15-18,20-22H2,1-3H3,(H,37,41)(H,38,46)(H,44,45);2*1H2/t27-,30-,36+;;/m0../s1. The molecule has 3 atom stereocenters. The van der Waals surface area contributed by atoms with Crippen molar-refractivity contribution in [3.05, 3.63) is 106 Å². The van der Waals surface area contributed by atoms with Crippen LogP contribution < -0.4 is 16.2 Å². The molecule has 258 valence electrons. The number of carboxylic acid groups (broad SMARTS) is 1. The van der Waals surface area contributed by atoms with Crippen LogP contribution in [0.2, 0.25) is 0 Å². The van der Waals surface area contributed by atoms with Crippen molar-refractivity contribution in [3.63, 3.8) is 0 Å². The molecule has 0 unspecified atom stereocenters. The van der Waals surface area contributed by atoms with Gasteiger partial charge in [0.05, 0.1) is 11.3 Å². The van der Waals surface area contributed by atoms with Crippen LogP contribution >= 0.6 is 27.0 Å². The number of fused-ring (bicyclic) bond motifs is 1. The Kier molecular flexibility index (Phi) is 13.1. The van der Waals surface area contributed by atoms with Gasteiger partial charge < -0.3 is 25.2 Å². The van der Waals surface area contributed by atoms with Crippen molar-refractivity contribution in [1.29, 1.82) is 0 Å². The maximum absolute atomic E-state index is 14.3. The minimum Gasteiger partial charge on any atom is -0.480 e. The molecule has 2 aromatic carbocycles. The van der Waals surface area contributed by atoms with E-state index in [9.17, 15) is 29.1 Å². The van der Waals surface area contributed by atoms with Gasteiger partial charge in [-0.15, -0.1) is 0 Å². The van der Waals surface area contributed by atoms with Gasteiger partial charge in [0.1, 0.15) is 11.6 Å². The number of piperidine rings is 1. The van der Waals surface area contributed by atoms with Crippen LogP contribution in [0.15, 0.2) is 77.7 Å². The Hall–Kier alpha value is -4.03. The number of carboxylic acids is 1. The third-order valence-electron chi connectivity index (χ3n) is 9.38. The van der Waals surface area contributed by atoms with Crippen LogP contribution in [0.3, 0.4) is 0 Å². The first-order valence-electron chi connectivity index (χ1n) is 16.0. The van der Waals surface area contributed by atoms with Crippen LogP contribution in [0.5, 0.6) is 0 Å². The Morgan fingerprint density at radius 1 is 0.917 bits per heavy atom. The van der Waals surface area contributed by atoms with Gasteiger partial charge in [-0.3, -0.25) is 19.2 Å². The molecule has 48 heavy (non-hydrogen) atoms. The fourth-order valence-electron chi connectivity index (χ4n) is 6.96. The van der Waals surface area contributed by atoms with E-state index in [1.54, 1.807) is 19.3 Å². The fraction of sp³-hybridized carbons (Fsp3) is 0.417. The van der Waals surface area contributed by atoms with Crippen LogP contribution in [0.1, 0.15) is 78.9 Å². The first-order chi connectivity index (χ1) is 22.0. The summed E-state index contributed by atoms with van der Waals surface area (Å²) in [6.45, 7) is 4.75. The Balaban J connectivity index is 0.00000312. The fourth-order valence-corrected chi connectivity index (χ4v) is 6.96. The molecule has 5 rings (SSSR count). The average molecular weight is 695 g/mol. The third kappa shape index (κ3) is 7.81. The molecular weight excluding hydrogens is 649 g/mol. The molecule has 1 saturated heterocycles. The zero-order valence-electron chi connectivity index (χ0n) is 27.6. The Bertz CT molecular complexity index is 1670. The molecule has 0 radical (unpaired) electrons. The predicted molar refractivity (Wildman–Crippen MR) is 194 cm³/mol. The van der Waals surface area contributed by atoms with Crippen LogP contribution in [0.25, 0.3) is 0 Å². The molecule has 2 aliphatic rings. The number of aryl methyl sites for hydroxylation is 1. The van der Waals surface area contributed by atoms with Crippen LogP contribution in [-0.2, 0) is 26.8 Å². The van der Waals surface area contributed by atoms with E-state index in [4.69, 9.17) is 0 Å². The highest BCUT2D eigenvalue weighted by molar-refractivity contribution is 7.59. The van der Waals surface area contributed by atoms with Crippen molar-refractivity contribution in [2.45, 2.75) is 69.4 Å². The number of carbonyl (C=O) groups excluding carboxylic acids is 3. The Morgan fingerprint density at radius 2 is 1.56 bits per heavy atom. The van der Waals surface area contributed by atoms with Crippen molar-refractivity contribution in [2.75, 3.05) is 13.1 Å². The van der Waals surface area contributed by atoms with Crippen molar-refractivity contribution < 1.29 is 24.3 Å². The van der Waals surface area contributed by atoms with E-state index in [0.717, 1.165) is 11.1 Å². The molecule has 3 aromatic rings. The van der Waals surface area contributed by atoms with E-state index >= 15 is 0 Å². The summed E-state index contributed by atoms with van der Waals surface area (Å²) in [7, 11) is 1.60. The number of aliphatic carboxylic acids is 1. The van der Waals surface area contributed by atoms with Gasteiger partial charge in [0.2, 0.25) is 11.8 Å². The summed E-state index contributed by atoms with van der Waals surface area (Å²) < 4.78 is 1.37. The van der Waals surface area contributed by atoms with Crippen molar-refractivity contribution >= 4 is 50.7 Å². The van der Waals surface area contributed by atoms with Gasteiger partial charge in [-0.1, -0.05) is 68.4 Å². The molecule has 0 bridgehead atoms. The molecule has 10 nitrogen and oxygen atoms in total. The van der Waals surface area contributed by atoms with Gasteiger partial charge in [0.25, 0.3) is 11.5 Å². The van der Waals surface area contributed by atoms with Crippen LogP contribution in [0, 0.1) is 5.92 Å². The van der Waals surface area contributed by atoms with E-state index in [2.05, 4.69) is 10.6 Å². The summed E-state index contributed by atoms with van der Waals surface area (Å²) >= 11 is 0. The zero-order valence-corrected chi connectivity index (χ0v) is 29.6. The molecule has 3 amide bonds. The number of aromatic nitrogens is 1. The second-order valence-electron chi connectivity index (χ2n) is 12.9. The van der Waals surface area contributed by atoms with Crippen molar-refractivity contribution in [2.24, 2.45) is 13.0 Å². The highest BCUT2D eigenvalue weighted by Gasteiger charge is 2.49. The minimum absolute atomic E-state index is 0. The first kappa shape index (κ1) is 38.4. The van der Waals surface area contributed by atoms with E-state index in [1.807, 2.05) is 73.3 Å². The highest BCUT2D eigenvalue weighted by Crippen LogP contribution is 2.48. The van der Waals surface area contributed by atoms with Gasteiger partial charge in [-0.2, -0.15) is 27.0 Å².